The topological polar surface area (TPSA) is 236 Å². The summed E-state index contributed by atoms with van der Waals surface area (Å²) in [5.74, 6) is 8.67. The van der Waals surface area contributed by atoms with Crippen molar-refractivity contribution in [2.75, 3.05) is 144 Å². The van der Waals surface area contributed by atoms with Crippen molar-refractivity contribution in [3.05, 3.63) is 148 Å². The highest BCUT2D eigenvalue weighted by Crippen LogP contribution is 2.61. The summed E-state index contributed by atoms with van der Waals surface area (Å²) in [7, 11) is 15.3. The number of halogens is 6. The number of pyridine rings is 3. The van der Waals surface area contributed by atoms with E-state index in [9.17, 15) is 4.57 Å². The molecule has 14 rings (SSSR count). The van der Waals surface area contributed by atoms with E-state index in [2.05, 4.69) is 100 Å². The summed E-state index contributed by atoms with van der Waals surface area (Å²) in [5.41, 5.74) is 14.6. The molecule has 29 heteroatoms. The first-order valence-corrected chi connectivity index (χ1v) is 38.1. The van der Waals surface area contributed by atoms with E-state index in [4.69, 9.17) is 103 Å². The zero-order chi connectivity index (χ0) is 72.9. The summed E-state index contributed by atoms with van der Waals surface area (Å²) in [6, 6.07) is 38.9. The molecule has 0 radical (unpaired) electrons. The standard InChI is InChI=1S/C25H29N3O3.C14H14ClNO2.C11H9Cl2NO2.C11H16N2O.C8H11NO2.C3H7BO2.Cl3OP/c1-29-23-7-5-4-6-21(23)27-10-12-28(13-11-27)22-15-19(17-8-9-17)26-20-16-25(31-3)24(30-2)14-18(20)22;1-17-13-5-9-10(15)6-11(8-3-4-8)16-12(9)7-14(13)18-2;1-15-9-3-6-7(12)4-11(13)14-8(6)5-10(9)16-2;1-14-11-5-3-2-4-10(11)13-8-6-12-7-9-13;1-10-7-4-3-6(9)5-8(7)11-2;5-4(6)3-1-2-3;1-5(2,3)4/h4-7,14-17H,8-13H2,1-3H3;5-8H,3-4H2,1-2H3;3-5H,1-2H3;2-5,12H,6-9H2,1H3;3-5H,9H2,1-2H3;3,5-6H,1-2H2;. The fourth-order valence-electron chi connectivity index (χ4n) is 11.1. The van der Waals surface area contributed by atoms with Gasteiger partial charge in [-0.15, -0.1) is 0 Å². The third-order valence-corrected chi connectivity index (χ3v) is 17.7. The van der Waals surface area contributed by atoms with Gasteiger partial charge in [-0.25, -0.2) is 4.98 Å². The summed E-state index contributed by atoms with van der Waals surface area (Å²) in [5, 5.41) is 21.0. The first kappa shape index (κ1) is 79.4. The number of hydrogen-bond donors (Lipinski definition) is 4. The molecule has 3 saturated carbocycles. The molecule has 2 saturated heterocycles. The third kappa shape index (κ3) is 22.8. The van der Waals surface area contributed by atoms with Gasteiger partial charge in [0.05, 0.1) is 109 Å². The quantitative estimate of drug-likeness (QED) is 0.0304. The highest BCUT2D eigenvalue weighted by molar-refractivity contribution is 8.24. The van der Waals surface area contributed by atoms with Gasteiger partial charge in [-0.2, -0.15) is 0 Å². The lowest BCUT2D eigenvalue weighted by atomic mass is 9.84. The lowest BCUT2D eigenvalue weighted by Gasteiger charge is -2.38. The molecule has 6 aromatic carbocycles. The predicted molar refractivity (Wildman–Crippen MR) is 411 cm³/mol. The Hall–Kier alpha value is -7.34. The maximum atomic E-state index is 9.51. The number of methoxy groups -OCH3 is 10. The molecule has 0 bridgehead atoms. The van der Waals surface area contributed by atoms with Crippen LogP contribution in [0.2, 0.25) is 21.0 Å². The first-order chi connectivity index (χ1) is 48.6. The minimum absolute atomic E-state index is 0.213. The number of piperazine rings is 2. The van der Waals surface area contributed by atoms with Crippen molar-refractivity contribution >= 4 is 136 Å². The first-order valence-electron chi connectivity index (χ1n) is 32.5. The van der Waals surface area contributed by atoms with Crippen molar-refractivity contribution in [2.24, 2.45) is 0 Å². The number of nitrogens with one attached hydrogen (secondary N) is 1. The van der Waals surface area contributed by atoms with E-state index in [1.807, 2.05) is 48.5 Å². The number of rotatable bonds is 16. The monoisotopic (exact) mass is 1520 g/mol. The summed E-state index contributed by atoms with van der Waals surface area (Å²) < 4.78 is 62.5. The van der Waals surface area contributed by atoms with Gasteiger partial charge in [0.2, 0.25) is 0 Å². The molecule has 0 atom stereocenters. The van der Waals surface area contributed by atoms with Crippen LogP contribution >= 0.6 is 73.7 Å². The molecule has 5 heterocycles. The van der Waals surface area contributed by atoms with Crippen LogP contribution in [0, 0.1) is 0 Å². The summed E-state index contributed by atoms with van der Waals surface area (Å²) >= 11 is 32.1. The molecular formula is C72H86BCl6N8O13P. The molecule has 542 valence electrons. The number of nitrogen functional groups attached to an aromatic ring is 1. The van der Waals surface area contributed by atoms with Crippen LogP contribution in [-0.4, -0.2) is 156 Å². The van der Waals surface area contributed by atoms with Gasteiger partial charge in [-0.3, -0.25) is 14.5 Å². The van der Waals surface area contributed by atoms with Crippen molar-refractivity contribution < 1.29 is 62.0 Å². The third-order valence-electron chi connectivity index (χ3n) is 16.9. The number of anilines is 4. The fourth-order valence-corrected chi connectivity index (χ4v) is 11.9. The van der Waals surface area contributed by atoms with Crippen LogP contribution in [0.25, 0.3) is 32.7 Å². The van der Waals surface area contributed by atoms with Crippen LogP contribution in [0.1, 0.15) is 61.7 Å². The number of fused-ring (bicyclic) bond motifs is 3. The van der Waals surface area contributed by atoms with Crippen molar-refractivity contribution in [1.82, 2.24) is 20.3 Å². The number of aromatic nitrogens is 3. The van der Waals surface area contributed by atoms with Crippen LogP contribution in [0.5, 0.6) is 57.5 Å². The maximum Gasteiger partial charge on any atom is 0.454 e. The summed E-state index contributed by atoms with van der Waals surface area (Å²) in [6.45, 7) is 7.98. The van der Waals surface area contributed by atoms with Gasteiger partial charge in [0.1, 0.15) is 16.7 Å². The highest BCUT2D eigenvalue weighted by atomic mass is 36.0. The normalized spacial score (nSPS) is 14.5. The second-order valence-corrected chi connectivity index (χ2v) is 31.4. The van der Waals surface area contributed by atoms with Crippen molar-refractivity contribution in [3.8, 4) is 57.5 Å². The minimum Gasteiger partial charge on any atom is -0.495 e. The van der Waals surface area contributed by atoms with Crippen LogP contribution in [0.3, 0.4) is 0 Å². The fraction of sp³-hybridized carbons (Fsp3) is 0.375. The average molecular weight is 1530 g/mol. The van der Waals surface area contributed by atoms with Crippen LogP contribution in [0.15, 0.2) is 121 Å². The largest absolute Gasteiger partial charge is 0.495 e. The lowest BCUT2D eigenvalue weighted by Crippen LogP contribution is -2.46. The molecule has 3 aromatic heterocycles. The molecule has 5 N–H and O–H groups in total. The number of hydrogen-bond acceptors (Lipinski definition) is 21. The maximum absolute atomic E-state index is 9.51. The van der Waals surface area contributed by atoms with E-state index >= 15 is 0 Å². The van der Waals surface area contributed by atoms with Gasteiger partial charge in [-0.1, -0.05) is 71.9 Å². The van der Waals surface area contributed by atoms with E-state index in [1.165, 1.54) is 42.8 Å². The van der Waals surface area contributed by atoms with Crippen LogP contribution < -0.4 is 73.1 Å². The molecule has 101 heavy (non-hydrogen) atoms. The predicted octanol–water partition coefficient (Wildman–Crippen LogP) is 16.6. The number of para-hydroxylation sites is 4. The second-order valence-electron chi connectivity index (χ2n) is 23.6. The zero-order valence-corrected chi connectivity index (χ0v) is 63.5. The molecule has 9 aromatic rings. The second kappa shape index (κ2) is 38.3. The Kier molecular flexibility index (Phi) is 30.1. The average Bonchev–Trinajstić information content (AvgIpc) is 1.75. The van der Waals surface area contributed by atoms with Gasteiger partial charge < -0.3 is 83.2 Å². The van der Waals surface area contributed by atoms with Crippen LogP contribution in [0.4, 0.5) is 22.7 Å². The van der Waals surface area contributed by atoms with Gasteiger partial charge in [-0.05, 0) is 138 Å². The van der Waals surface area contributed by atoms with Crippen molar-refractivity contribution in [3.63, 3.8) is 0 Å². The summed E-state index contributed by atoms with van der Waals surface area (Å²) in [6.07, 6.45) is 6.87. The van der Waals surface area contributed by atoms with E-state index < -0.39 is 12.3 Å². The Morgan fingerprint density at radius 3 is 1.19 bits per heavy atom. The lowest BCUT2D eigenvalue weighted by molar-refractivity contribution is 0.355. The SMILES string of the molecule is COc1cc2nc(C3CC3)cc(Cl)c2cc1OC.COc1cc2nc(C3CC3)cc(N3CCN(c4ccccc4OC)CC3)c2cc1OC.COc1cc2nc(Cl)cc(Cl)c2cc1OC.COc1ccc(N)cc1OC.COc1ccccc1N1CCNCC1.O=P(Cl)(Cl)Cl.OB(O)C1CC1. The number of benzene rings is 6. The smallest absolute Gasteiger partial charge is 0.454 e. The molecule has 0 amide bonds. The molecule has 21 nitrogen and oxygen atoms in total. The Bertz CT molecular complexity index is 4230. The molecule has 5 aliphatic rings. The van der Waals surface area contributed by atoms with Gasteiger partial charge >= 0.3 is 12.3 Å². The van der Waals surface area contributed by atoms with Gasteiger partial charge in [0.25, 0.3) is 0 Å². The summed E-state index contributed by atoms with van der Waals surface area (Å²) in [4.78, 5) is 21.0. The number of nitrogens with two attached hydrogens (primary N) is 1. The number of nitrogens with zero attached hydrogens (tertiary/aromatic N) is 6. The molecule has 0 spiro atoms. The molecule has 5 fully saturated rings. The van der Waals surface area contributed by atoms with E-state index in [1.54, 1.807) is 107 Å². The van der Waals surface area contributed by atoms with E-state index in [0.717, 1.165) is 132 Å². The van der Waals surface area contributed by atoms with Crippen molar-refractivity contribution in [1.29, 1.82) is 0 Å². The minimum atomic E-state index is -3.22. The molecule has 0 unspecified atom stereocenters. The molecular weight excluding hydrogens is 1440 g/mol. The zero-order valence-electron chi connectivity index (χ0n) is 58.1. The highest BCUT2D eigenvalue weighted by Gasteiger charge is 2.33. The Morgan fingerprint density at radius 1 is 0.426 bits per heavy atom. The van der Waals surface area contributed by atoms with Gasteiger partial charge in [0, 0.05) is 127 Å². The Morgan fingerprint density at radius 2 is 0.782 bits per heavy atom. The molecule has 2 aliphatic heterocycles. The van der Waals surface area contributed by atoms with E-state index in [-0.39, 0.29) is 5.82 Å². The van der Waals surface area contributed by atoms with Gasteiger partial charge in [0.15, 0.2) is 46.0 Å². The number of ether oxygens (including phenoxy) is 10. The Labute approximate surface area is 620 Å². The molecule has 3 aliphatic carbocycles. The Balaban J connectivity index is 0.000000161. The van der Waals surface area contributed by atoms with Crippen molar-refractivity contribution in [2.45, 2.75) is 56.2 Å². The van der Waals surface area contributed by atoms with Crippen LogP contribution in [-0.2, 0) is 4.57 Å². The van der Waals surface area contributed by atoms with E-state index in [0.29, 0.717) is 67.7 Å².